The molecule has 0 unspecified atom stereocenters. The summed E-state index contributed by atoms with van der Waals surface area (Å²) >= 11 is 0. The van der Waals surface area contributed by atoms with E-state index < -0.39 is 11.9 Å². The van der Waals surface area contributed by atoms with E-state index in [4.69, 9.17) is 9.47 Å². The minimum atomic E-state index is -0.665. The molecule has 1 heterocycles. The van der Waals surface area contributed by atoms with Crippen LogP contribution in [0.15, 0.2) is 0 Å². The Hall–Kier alpha value is -2.31. The molecule has 1 saturated carbocycles. The van der Waals surface area contributed by atoms with Crippen LogP contribution in [0.2, 0.25) is 0 Å². The molecular formula is C15H20N2O5. The summed E-state index contributed by atoms with van der Waals surface area (Å²) in [6.45, 7) is 4.95. The highest BCUT2D eigenvalue weighted by Crippen LogP contribution is 2.20. The van der Waals surface area contributed by atoms with Gasteiger partial charge in [-0.15, -0.1) is 0 Å². The van der Waals surface area contributed by atoms with Crippen LogP contribution in [0.5, 0.6) is 0 Å². The molecule has 22 heavy (non-hydrogen) atoms. The van der Waals surface area contributed by atoms with E-state index in [0.717, 1.165) is 12.8 Å². The third-order valence-electron chi connectivity index (χ3n) is 3.40. The van der Waals surface area contributed by atoms with Crippen molar-refractivity contribution in [3.8, 4) is 0 Å². The molecule has 0 aromatic carbocycles. The van der Waals surface area contributed by atoms with Gasteiger partial charge in [0.1, 0.15) is 5.69 Å². The molecule has 2 N–H and O–H groups in total. The molecule has 120 valence electrons. The number of rotatable bonds is 6. The minimum Gasteiger partial charge on any atom is -0.462 e. The van der Waals surface area contributed by atoms with Gasteiger partial charge in [0, 0.05) is 11.7 Å². The number of ether oxygens (including phenoxy) is 2. The summed E-state index contributed by atoms with van der Waals surface area (Å²) in [4.78, 5) is 38.2. The van der Waals surface area contributed by atoms with Gasteiger partial charge in [0.25, 0.3) is 5.91 Å². The maximum absolute atomic E-state index is 12.0. The van der Waals surface area contributed by atoms with Crippen molar-refractivity contribution >= 4 is 17.8 Å². The summed E-state index contributed by atoms with van der Waals surface area (Å²) in [5.41, 5.74) is 1.49. The molecule has 1 aromatic heterocycles. The van der Waals surface area contributed by atoms with Crippen LogP contribution >= 0.6 is 0 Å². The summed E-state index contributed by atoms with van der Waals surface area (Å²) in [6, 6.07) is 0.219. The number of aromatic nitrogens is 1. The van der Waals surface area contributed by atoms with Crippen molar-refractivity contribution < 1.29 is 23.9 Å². The Bertz CT molecular complexity index is 601. The van der Waals surface area contributed by atoms with Gasteiger partial charge in [0.15, 0.2) is 6.61 Å². The summed E-state index contributed by atoms with van der Waals surface area (Å²) in [5.74, 6) is -1.47. The fraction of sp³-hybridized carbons (Fsp3) is 0.533. The van der Waals surface area contributed by atoms with Gasteiger partial charge in [-0.1, -0.05) is 0 Å². The van der Waals surface area contributed by atoms with E-state index in [0.29, 0.717) is 16.8 Å². The highest BCUT2D eigenvalue weighted by atomic mass is 16.5. The molecule has 0 spiro atoms. The Morgan fingerprint density at radius 2 is 1.86 bits per heavy atom. The topological polar surface area (TPSA) is 97.5 Å². The Kier molecular flexibility index (Phi) is 4.85. The lowest BCUT2D eigenvalue weighted by Crippen LogP contribution is -2.30. The lowest BCUT2D eigenvalue weighted by Gasteiger charge is -2.05. The van der Waals surface area contributed by atoms with E-state index in [9.17, 15) is 14.4 Å². The second-order valence-electron chi connectivity index (χ2n) is 5.26. The minimum absolute atomic E-state index is 0.166. The monoisotopic (exact) mass is 308 g/mol. The maximum Gasteiger partial charge on any atom is 0.355 e. The quantitative estimate of drug-likeness (QED) is 0.771. The average molecular weight is 308 g/mol. The van der Waals surface area contributed by atoms with Gasteiger partial charge in [-0.2, -0.15) is 0 Å². The zero-order chi connectivity index (χ0) is 16.3. The number of H-pyrrole nitrogens is 1. The third kappa shape index (κ3) is 3.66. The first-order valence-corrected chi connectivity index (χ1v) is 7.26. The second kappa shape index (κ2) is 6.64. The Morgan fingerprint density at radius 3 is 2.45 bits per heavy atom. The van der Waals surface area contributed by atoms with E-state index in [2.05, 4.69) is 10.3 Å². The molecule has 0 bridgehead atoms. The standard InChI is InChI=1S/C15H20N2O5/c1-4-21-14(19)12-8(2)13(16-9(12)3)15(20)22-7-11(18)17-10-5-6-10/h10,16H,4-7H2,1-3H3,(H,17,18). The van der Waals surface area contributed by atoms with Crippen LogP contribution in [-0.4, -0.2) is 42.1 Å². The van der Waals surface area contributed by atoms with Crippen LogP contribution in [0.1, 0.15) is 51.9 Å². The van der Waals surface area contributed by atoms with Crippen molar-refractivity contribution in [2.45, 2.75) is 39.7 Å². The smallest absolute Gasteiger partial charge is 0.355 e. The number of carbonyl (C=O) groups excluding carboxylic acids is 3. The van der Waals surface area contributed by atoms with Gasteiger partial charge in [0.2, 0.25) is 0 Å². The molecule has 1 aliphatic rings. The summed E-state index contributed by atoms with van der Waals surface area (Å²) in [6.07, 6.45) is 1.94. The number of carbonyl (C=O) groups is 3. The van der Waals surface area contributed by atoms with Crippen molar-refractivity contribution in [1.29, 1.82) is 0 Å². The number of nitrogens with one attached hydrogen (secondary N) is 2. The largest absolute Gasteiger partial charge is 0.462 e. The number of hydrogen-bond acceptors (Lipinski definition) is 5. The molecule has 0 atom stereocenters. The Labute approximate surface area is 128 Å². The lowest BCUT2D eigenvalue weighted by atomic mass is 10.1. The highest BCUT2D eigenvalue weighted by molar-refractivity contribution is 5.99. The molecule has 7 heteroatoms. The fourth-order valence-electron chi connectivity index (χ4n) is 2.16. The van der Waals surface area contributed by atoms with Gasteiger partial charge in [-0.05, 0) is 39.2 Å². The van der Waals surface area contributed by atoms with Crippen molar-refractivity contribution in [3.63, 3.8) is 0 Å². The third-order valence-corrected chi connectivity index (χ3v) is 3.40. The molecule has 1 aliphatic carbocycles. The van der Waals surface area contributed by atoms with Gasteiger partial charge < -0.3 is 19.8 Å². The summed E-state index contributed by atoms with van der Waals surface area (Å²) in [7, 11) is 0. The number of hydrogen-bond donors (Lipinski definition) is 2. The molecule has 0 radical (unpaired) electrons. The van der Waals surface area contributed by atoms with E-state index in [1.807, 2.05) is 0 Å². The van der Waals surface area contributed by atoms with Gasteiger partial charge in [0.05, 0.1) is 12.2 Å². The van der Waals surface area contributed by atoms with Crippen LogP contribution in [0.4, 0.5) is 0 Å². The van der Waals surface area contributed by atoms with Gasteiger partial charge in [-0.25, -0.2) is 9.59 Å². The van der Waals surface area contributed by atoms with Crippen molar-refractivity contribution in [2.75, 3.05) is 13.2 Å². The number of aromatic amines is 1. The first-order valence-electron chi connectivity index (χ1n) is 7.26. The number of esters is 2. The summed E-state index contributed by atoms with van der Waals surface area (Å²) < 4.78 is 9.93. The van der Waals surface area contributed by atoms with Crippen LogP contribution in [0, 0.1) is 13.8 Å². The normalized spacial score (nSPS) is 13.6. The highest BCUT2D eigenvalue weighted by Gasteiger charge is 2.26. The SMILES string of the molecule is CCOC(=O)c1c(C)[nH]c(C(=O)OCC(=O)NC2CC2)c1C. The Morgan fingerprint density at radius 1 is 1.18 bits per heavy atom. The van der Waals surface area contributed by atoms with Crippen LogP contribution in [-0.2, 0) is 14.3 Å². The number of amides is 1. The first kappa shape index (κ1) is 16.1. The zero-order valence-corrected chi connectivity index (χ0v) is 12.9. The van der Waals surface area contributed by atoms with Crippen LogP contribution in [0.3, 0.4) is 0 Å². The predicted octanol–water partition coefficient (Wildman–Crippen LogP) is 1.24. The zero-order valence-electron chi connectivity index (χ0n) is 12.9. The number of aryl methyl sites for hydroxylation is 1. The predicted molar refractivity (Wildman–Crippen MR) is 77.7 cm³/mol. The van der Waals surface area contributed by atoms with E-state index >= 15 is 0 Å². The molecular weight excluding hydrogens is 288 g/mol. The van der Waals surface area contributed by atoms with Crippen LogP contribution in [0.25, 0.3) is 0 Å². The van der Waals surface area contributed by atoms with Crippen molar-refractivity contribution in [1.82, 2.24) is 10.3 Å². The first-order chi connectivity index (χ1) is 10.4. The molecule has 1 amide bonds. The molecule has 0 saturated heterocycles. The fourth-order valence-corrected chi connectivity index (χ4v) is 2.16. The van der Waals surface area contributed by atoms with E-state index in [1.165, 1.54) is 0 Å². The van der Waals surface area contributed by atoms with E-state index in [-0.39, 0.29) is 30.9 Å². The van der Waals surface area contributed by atoms with Crippen LogP contribution < -0.4 is 5.32 Å². The molecule has 1 fully saturated rings. The van der Waals surface area contributed by atoms with Gasteiger partial charge >= 0.3 is 11.9 Å². The molecule has 7 nitrogen and oxygen atoms in total. The second-order valence-corrected chi connectivity index (χ2v) is 5.26. The molecule has 1 aromatic rings. The van der Waals surface area contributed by atoms with Gasteiger partial charge in [-0.3, -0.25) is 4.79 Å². The molecule has 2 rings (SSSR count). The summed E-state index contributed by atoms with van der Waals surface area (Å²) in [5, 5.41) is 2.73. The lowest BCUT2D eigenvalue weighted by molar-refractivity contribution is -0.124. The molecule has 0 aliphatic heterocycles. The van der Waals surface area contributed by atoms with E-state index in [1.54, 1.807) is 20.8 Å². The Balaban J connectivity index is 2.01. The van der Waals surface area contributed by atoms with Crippen molar-refractivity contribution in [3.05, 3.63) is 22.5 Å². The van der Waals surface area contributed by atoms with Crippen molar-refractivity contribution in [2.24, 2.45) is 0 Å². The maximum atomic E-state index is 12.0. The average Bonchev–Trinajstić information content (AvgIpc) is 3.21.